The highest BCUT2D eigenvalue weighted by Gasteiger charge is 2.18. The largest absolute Gasteiger partial charge is 0.480 e. The number of hydrogen-bond donors (Lipinski definition) is 2. The van der Waals surface area contributed by atoms with E-state index in [0.29, 0.717) is 6.42 Å². The summed E-state index contributed by atoms with van der Waals surface area (Å²) in [6, 6.07) is 5.05. The number of carbonyl (C=O) groups is 2. The van der Waals surface area contributed by atoms with Gasteiger partial charge in [0.25, 0.3) is 0 Å². The van der Waals surface area contributed by atoms with Gasteiger partial charge in [0.05, 0.1) is 6.42 Å². The fourth-order valence-corrected chi connectivity index (χ4v) is 1.89. The summed E-state index contributed by atoms with van der Waals surface area (Å²) in [4.78, 5) is 22.8. The molecule has 0 bridgehead atoms. The zero-order valence-electron chi connectivity index (χ0n) is 11.7. The van der Waals surface area contributed by atoms with Gasteiger partial charge in [-0.3, -0.25) is 4.79 Å². The van der Waals surface area contributed by atoms with Gasteiger partial charge in [-0.1, -0.05) is 31.5 Å². The van der Waals surface area contributed by atoms with E-state index in [-0.39, 0.29) is 12.3 Å². The van der Waals surface area contributed by atoms with E-state index in [1.54, 1.807) is 0 Å². The van der Waals surface area contributed by atoms with Gasteiger partial charge in [0.1, 0.15) is 6.04 Å². The number of carbonyl (C=O) groups excluding carboxylic acids is 1. The summed E-state index contributed by atoms with van der Waals surface area (Å²) in [5.74, 6) is -1.22. The third kappa shape index (κ3) is 4.73. The van der Waals surface area contributed by atoms with Crippen molar-refractivity contribution in [2.75, 3.05) is 0 Å². The third-order valence-electron chi connectivity index (χ3n) is 3.15. The lowest BCUT2D eigenvalue weighted by molar-refractivity contribution is -0.141. The Labute approximate surface area is 113 Å². The maximum Gasteiger partial charge on any atom is 0.326 e. The molecule has 4 nitrogen and oxygen atoms in total. The topological polar surface area (TPSA) is 66.4 Å². The van der Waals surface area contributed by atoms with Gasteiger partial charge < -0.3 is 10.4 Å². The molecule has 1 rings (SSSR count). The molecule has 0 radical (unpaired) electrons. The van der Waals surface area contributed by atoms with Crippen molar-refractivity contribution in [2.45, 2.75) is 46.1 Å². The molecule has 0 saturated carbocycles. The van der Waals surface area contributed by atoms with E-state index in [4.69, 9.17) is 5.11 Å². The molecule has 2 N–H and O–H groups in total. The smallest absolute Gasteiger partial charge is 0.326 e. The first kappa shape index (κ1) is 15.2. The number of carboxylic acids is 1. The second-order valence-corrected chi connectivity index (χ2v) is 4.84. The fraction of sp³-hybridized carbons (Fsp3) is 0.467. The predicted molar refractivity (Wildman–Crippen MR) is 74.1 cm³/mol. The minimum Gasteiger partial charge on any atom is -0.480 e. The van der Waals surface area contributed by atoms with Crippen LogP contribution in [0.15, 0.2) is 18.2 Å². The summed E-state index contributed by atoms with van der Waals surface area (Å²) < 4.78 is 0. The van der Waals surface area contributed by atoms with E-state index in [1.165, 1.54) is 5.56 Å². The number of aryl methyl sites for hydroxylation is 2. The summed E-state index contributed by atoms with van der Waals surface area (Å²) in [6.07, 6.45) is 1.39. The normalized spacial score (nSPS) is 11.9. The molecule has 4 heteroatoms. The minimum atomic E-state index is -0.977. The molecule has 0 heterocycles. The van der Waals surface area contributed by atoms with Crippen LogP contribution in [-0.4, -0.2) is 23.0 Å². The van der Waals surface area contributed by atoms with Gasteiger partial charge in [-0.05, 0) is 37.0 Å². The van der Waals surface area contributed by atoms with Crippen molar-refractivity contribution in [1.29, 1.82) is 0 Å². The Bertz CT molecular complexity index is 468. The number of amides is 1. The van der Waals surface area contributed by atoms with Crippen LogP contribution in [-0.2, 0) is 16.0 Å². The molecule has 104 valence electrons. The van der Waals surface area contributed by atoms with Crippen molar-refractivity contribution in [2.24, 2.45) is 0 Å². The second-order valence-electron chi connectivity index (χ2n) is 4.84. The van der Waals surface area contributed by atoms with Gasteiger partial charge >= 0.3 is 5.97 Å². The van der Waals surface area contributed by atoms with Crippen LogP contribution in [0.2, 0.25) is 0 Å². The van der Waals surface area contributed by atoms with Crippen LogP contribution in [0.4, 0.5) is 0 Å². The Morgan fingerprint density at radius 3 is 2.47 bits per heavy atom. The minimum absolute atomic E-state index is 0.217. The first-order valence-electron chi connectivity index (χ1n) is 6.52. The Kier molecular flexibility index (Phi) is 5.55. The number of benzene rings is 1. The Hall–Kier alpha value is -1.84. The van der Waals surface area contributed by atoms with Gasteiger partial charge in [-0.25, -0.2) is 4.79 Å². The summed E-state index contributed by atoms with van der Waals surface area (Å²) in [5, 5.41) is 11.5. The maximum atomic E-state index is 11.8. The van der Waals surface area contributed by atoms with Crippen molar-refractivity contribution in [3.63, 3.8) is 0 Å². The molecular formula is C15H21NO3. The Morgan fingerprint density at radius 2 is 1.95 bits per heavy atom. The van der Waals surface area contributed by atoms with Crippen LogP contribution < -0.4 is 5.32 Å². The van der Waals surface area contributed by atoms with Crippen molar-refractivity contribution in [3.05, 3.63) is 34.9 Å². The van der Waals surface area contributed by atoms with E-state index < -0.39 is 12.0 Å². The van der Waals surface area contributed by atoms with E-state index in [2.05, 4.69) is 5.32 Å². The lowest BCUT2D eigenvalue weighted by Crippen LogP contribution is -2.41. The molecule has 0 spiro atoms. The quantitative estimate of drug-likeness (QED) is 0.827. The average Bonchev–Trinajstić information content (AvgIpc) is 2.33. The second kappa shape index (κ2) is 6.92. The third-order valence-corrected chi connectivity index (χ3v) is 3.15. The molecule has 1 atom stereocenters. The van der Waals surface area contributed by atoms with Crippen LogP contribution in [0.3, 0.4) is 0 Å². The SMILES string of the molecule is CCC[C@H](NC(=O)Cc1ccc(C)c(C)c1)C(=O)O. The molecule has 0 aliphatic heterocycles. The van der Waals surface area contributed by atoms with Crippen LogP contribution in [0, 0.1) is 13.8 Å². The number of nitrogens with one attached hydrogen (secondary N) is 1. The summed E-state index contributed by atoms with van der Waals surface area (Å²) >= 11 is 0. The standard InChI is InChI=1S/C15H21NO3/c1-4-5-13(15(18)19)16-14(17)9-12-7-6-10(2)11(3)8-12/h6-8,13H,4-5,9H2,1-3H3,(H,16,17)(H,18,19)/t13-/m0/s1. The lowest BCUT2D eigenvalue weighted by Gasteiger charge is -2.13. The fourth-order valence-electron chi connectivity index (χ4n) is 1.89. The highest BCUT2D eigenvalue weighted by atomic mass is 16.4. The average molecular weight is 263 g/mol. The van der Waals surface area contributed by atoms with Crippen LogP contribution >= 0.6 is 0 Å². The van der Waals surface area contributed by atoms with Gasteiger partial charge in [-0.2, -0.15) is 0 Å². The zero-order chi connectivity index (χ0) is 14.4. The highest BCUT2D eigenvalue weighted by molar-refractivity contribution is 5.84. The first-order chi connectivity index (χ1) is 8.93. The van der Waals surface area contributed by atoms with E-state index in [0.717, 1.165) is 17.5 Å². The molecule has 0 fully saturated rings. The lowest BCUT2D eigenvalue weighted by atomic mass is 10.0. The number of aliphatic carboxylic acids is 1. The van der Waals surface area contributed by atoms with Crippen molar-refractivity contribution < 1.29 is 14.7 Å². The first-order valence-corrected chi connectivity index (χ1v) is 6.52. The van der Waals surface area contributed by atoms with Gasteiger partial charge in [0, 0.05) is 0 Å². The van der Waals surface area contributed by atoms with Crippen molar-refractivity contribution in [3.8, 4) is 0 Å². The van der Waals surface area contributed by atoms with Gasteiger partial charge in [-0.15, -0.1) is 0 Å². The van der Waals surface area contributed by atoms with Crippen LogP contribution in [0.5, 0.6) is 0 Å². The molecule has 1 amide bonds. The molecule has 1 aromatic rings. The van der Waals surface area contributed by atoms with E-state index in [9.17, 15) is 9.59 Å². The zero-order valence-corrected chi connectivity index (χ0v) is 11.7. The summed E-state index contributed by atoms with van der Waals surface area (Å²) in [6.45, 7) is 5.90. The summed E-state index contributed by atoms with van der Waals surface area (Å²) in [7, 11) is 0. The Morgan fingerprint density at radius 1 is 1.26 bits per heavy atom. The molecule has 1 aromatic carbocycles. The van der Waals surface area contributed by atoms with E-state index >= 15 is 0 Å². The number of rotatable bonds is 6. The summed E-state index contributed by atoms with van der Waals surface area (Å²) in [5.41, 5.74) is 3.22. The Balaban J connectivity index is 2.63. The molecule has 0 saturated heterocycles. The highest BCUT2D eigenvalue weighted by Crippen LogP contribution is 2.10. The predicted octanol–water partition coefficient (Wildman–Crippen LogP) is 2.22. The molecule has 0 aromatic heterocycles. The van der Waals surface area contributed by atoms with Crippen molar-refractivity contribution >= 4 is 11.9 Å². The van der Waals surface area contributed by atoms with Crippen LogP contribution in [0.1, 0.15) is 36.5 Å². The monoisotopic (exact) mass is 263 g/mol. The molecule has 19 heavy (non-hydrogen) atoms. The maximum absolute atomic E-state index is 11.8. The molecular weight excluding hydrogens is 242 g/mol. The molecule has 0 aliphatic carbocycles. The van der Waals surface area contributed by atoms with Crippen LogP contribution in [0.25, 0.3) is 0 Å². The molecule has 0 unspecified atom stereocenters. The molecule has 0 aliphatic rings. The number of carboxylic acid groups (broad SMARTS) is 1. The van der Waals surface area contributed by atoms with Crippen molar-refractivity contribution in [1.82, 2.24) is 5.32 Å². The van der Waals surface area contributed by atoms with Gasteiger partial charge in [0.2, 0.25) is 5.91 Å². The van der Waals surface area contributed by atoms with E-state index in [1.807, 2.05) is 39.0 Å². The number of hydrogen-bond acceptors (Lipinski definition) is 2. The van der Waals surface area contributed by atoms with Gasteiger partial charge in [0.15, 0.2) is 0 Å².